The van der Waals surface area contributed by atoms with Crippen LogP contribution in [0.1, 0.15) is 6.42 Å². The molecular formula is C19H18N6O. The molecule has 1 atom stereocenters. The van der Waals surface area contributed by atoms with Crippen molar-refractivity contribution >= 4 is 11.5 Å². The number of β-amino-alcohol motifs (C(OH)–C–C–N with tert-alkyl or cyclic N) is 1. The lowest BCUT2D eigenvalue weighted by Crippen LogP contribution is -2.23. The second kappa shape index (κ2) is 5.96. The summed E-state index contributed by atoms with van der Waals surface area (Å²) in [6.45, 7) is 1.40. The third-order valence-electron chi connectivity index (χ3n) is 4.80. The summed E-state index contributed by atoms with van der Waals surface area (Å²) >= 11 is 0. The minimum atomic E-state index is -0.290. The van der Waals surface area contributed by atoms with Crippen molar-refractivity contribution in [2.75, 3.05) is 18.0 Å². The molecule has 1 saturated heterocycles. The molecule has 1 unspecified atom stereocenters. The standard InChI is InChI=1S/C19H18N6O/c26-16-6-10-23(13-16)18-19-21-12-17(24(19)11-8-20-18)14-2-4-15(5-3-14)25-9-1-7-22-25/h1-5,7-9,11-12,16,26H,6,10,13H2. The van der Waals surface area contributed by atoms with E-state index in [2.05, 4.69) is 36.5 Å². The fraction of sp³-hybridized carbons (Fsp3) is 0.211. The Kier molecular flexibility index (Phi) is 3.46. The van der Waals surface area contributed by atoms with Crippen LogP contribution in [-0.2, 0) is 0 Å². The van der Waals surface area contributed by atoms with Crippen molar-refractivity contribution in [1.29, 1.82) is 0 Å². The van der Waals surface area contributed by atoms with Crippen molar-refractivity contribution in [3.8, 4) is 16.9 Å². The summed E-state index contributed by atoms with van der Waals surface area (Å²) in [6, 6.07) is 10.1. The zero-order chi connectivity index (χ0) is 17.5. The Labute approximate surface area is 150 Å². The topological polar surface area (TPSA) is 71.5 Å². The monoisotopic (exact) mass is 346 g/mol. The van der Waals surface area contributed by atoms with Crippen LogP contribution in [0.25, 0.3) is 22.6 Å². The first-order valence-corrected chi connectivity index (χ1v) is 8.65. The van der Waals surface area contributed by atoms with Crippen LogP contribution in [-0.4, -0.2) is 48.4 Å². The highest BCUT2D eigenvalue weighted by molar-refractivity contribution is 5.72. The van der Waals surface area contributed by atoms with Crippen LogP contribution in [0.3, 0.4) is 0 Å². The van der Waals surface area contributed by atoms with Crippen LogP contribution in [0.2, 0.25) is 0 Å². The van der Waals surface area contributed by atoms with Gasteiger partial charge in [0.2, 0.25) is 0 Å². The first-order chi connectivity index (χ1) is 12.8. The van der Waals surface area contributed by atoms with E-state index in [1.165, 1.54) is 0 Å². The Morgan fingerprint density at radius 3 is 2.65 bits per heavy atom. The lowest BCUT2D eigenvalue weighted by molar-refractivity contribution is 0.198. The van der Waals surface area contributed by atoms with Gasteiger partial charge in [0.05, 0.1) is 23.7 Å². The van der Waals surface area contributed by atoms with Crippen LogP contribution in [0.15, 0.2) is 61.3 Å². The average molecular weight is 346 g/mol. The fourth-order valence-corrected chi connectivity index (χ4v) is 3.48. The van der Waals surface area contributed by atoms with Crippen LogP contribution in [0.4, 0.5) is 5.82 Å². The van der Waals surface area contributed by atoms with Gasteiger partial charge < -0.3 is 10.0 Å². The summed E-state index contributed by atoms with van der Waals surface area (Å²) < 4.78 is 3.88. The number of rotatable bonds is 3. The summed E-state index contributed by atoms with van der Waals surface area (Å²) in [7, 11) is 0. The minimum absolute atomic E-state index is 0.290. The highest BCUT2D eigenvalue weighted by Crippen LogP contribution is 2.27. The van der Waals surface area contributed by atoms with E-state index in [4.69, 9.17) is 0 Å². The first-order valence-electron chi connectivity index (χ1n) is 8.65. The molecule has 7 heteroatoms. The number of fused-ring (bicyclic) bond motifs is 1. The Balaban J connectivity index is 1.54. The number of benzene rings is 1. The molecule has 0 spiro atoms. The zero-order valence-corrected chi connectivity index (χ0v) is 14.1. The van der Waals surface area contributed by atoms with Crippen LogP contribution in [0.5, 0.6) is 0 Å². The van der Waals surface area contributed by atoms with Crippen LogP contribution < -0.4 is 4.90 Å². The van der Waals surface area contributed by atoms with Crippen molar-refractivity contribution in [1.82, 2.24) is 24.1 Å². The van der Waals surface area contributed by atoms with Gasteiger partial charge >= 0.3 is 0 Å². The first kappa shape index (κ1) is 15.1. The van der Waals surface area contributed by atoms with Gasteiger partial charge in [-0.2, -0.15) is 5.10 Å². The highest BCUT2D eigenvalue weighted by atomic mass is 16.3. The van der Waals surface area contributed by atoms with E-state index in [0.29, 0.717) is 6.54 Å². The van der Waals surface area contributed by atoms with E-state index in [1.807, 2.05) is 41.5 Å². The largest absolute Gasteiger partial charge is 0.391 e. The number of nitrogens with zero attached hydrogens (tertiary/aromatic N) is 6. The SMILES string of the molecule is OC1CCN(c2nccn3c(-c4ccc(-n5cccn5)cc4)cnc23)C1. The molecule has 0 radical (unpaired) electrons. The molecule has 5 rings (SSSR count). The lowest BCUT2D eigenvalue weighted by Gasteiger charge is -2.17. The summed E-state index contributed by atoms with van der Waals surface area (Å²) in [5, 5.41) is 14.1. The van der Waals surface area contributed by atoms with Gasteiger partial charge in [0.25, 0.3) is 0 Å². The van der Waals surface area contributed by atoms with Gasteiger partial charge in [-0.15, -0.1) is 0 Å². The van der Waals surface area contributed by atoms with E-state index in [0.717, 1.165) is 41.4 Å². The number of anilines is 1. The maximum absolute atomic E-state index is 9.82. The second-order valence-electron chi connectivity index (χ2n) is 6.47. The third kappa shape index (κ3) is 2.44. The molecular weight excluding hydrogens is 328 g/mol. The van der Waals surface area contributed by atoms with Crippen molar-refractivity contribution < 1.29 is 5.11 Å². The Morgan fingerprint density at radius 1 is 1.04 bits per heavy atom. The molecule has 0 aliphatic carbocycles. The highest BCUT2D eigenvalue weighted by Gasteiger charge is 2.24. The predicted molar refractivity (Wildman–Crippen MR) is 98.4 cm³/mol. The van der Waals surface area contributed by atoms with Crippen molar-refractivity contribution in [2.45, 2.75) is 12.5 Å². The van der Waals surface area contributed by atoms with Crippen molar-refractivity contribution in [3.05, 3.63) is 61.3 Å². The molecule has 4 heterocycles. The number of aliphatic hydroxyl groups is 1. The Morgan fingerprint density at radius 2 is 1.92 bits per heavy atom. The number of hydrogen-bond donors (Lipinski definition) is 1. The van der Waals surface area contributed by atoms with Gasteiger partial charge in [-0.05, 0) is 24.6 Å². The van der Waals surface area contributed by atoms with E-state index in [1.54, 1.807) is 12.4 Å². The Hall–Kier alpha value is -3.19. The maximum atomic E-state index is 9.82. The van der Waals surface area contributed by atoms with Gasteiger partial charge in [0.15, 0.2) is 11.5 Å². The van der Waals surface area contributed by atoms with Gasteiger partial charge in [-0.3, -0.25) is 4.40 Å². The molecule has 1 aliphatic rings. The molecule has 3 aromatic heterocycles. The molecule has 7 nitrogen and oxygen atoms in total. The van der Waals surface area contributed by atoms with Crippen molar-refractivity contribution in [3.63, 3.8) is 0 Å². The van der Waals surface area contributed by atoms with Gasteiger partial charge in [-0.25, -0.2) is 14.6 Å². The summed E-state index contributed by atoms with van der Waals surface area (Å²) in [6.07, 6.45) is 9.75. The summed E-state index contributed by atoms with van der Waals surface area (Å²) in [4.78, 5) is 11.2. The predicted octanol–water partition coefficient (Wildman–Crippen LogP) is 2.15. The van der Waals surface area contributed by atoms with Gasteiger partial charge in [0, 0.05) is 43.4 Å². The molecule has 1 fully saturated rings. The molecule has 1 N–H and O–H groups in total. The second-order valence-corrected chi connectivity index (χ2v) is 6.47. The molecule has 1 aliphatic heterocycles. The molecule has 1 aromatic carbocycles. The number of aromatic nitrogens is 5. The van der Waals surface area contributed by atoms with Crippen molar-refractivity contribution in [2.24, 2.45) is 0 Å². The number of hydrogen-bond acceptors (Lipinski definition) is 5. The summed E-state index contributed by atoms with van der Waals surface area (Å²) in [5.41, 5.74) is 3.91. The van der Waals surface area contributed by atoms with E-state index < -0.39 is 0 Å². The molecule has 130 valence electrons. The smallest absolute Gasteiger partial charge is 0.180 e. The molecule has 26 heavy (non-hydrogen) atoms. The minimum Gasteiger partial charge on any atom is -0.391 e. The van der Waals surface area contributed by atoms with Crippen LogP contribution >= 0.6 is 0 Å². The van der Waals surface area contributed by atoms with Crippen LogP contribution in [0, 0.1) is 0 Å². The summed E-state index contributed by atoms with van der Waals surface area (Å²) in [5.74, 6) is 0.823. The quantitative estimate of drug-likeness (QED) is 0.615. The molecule has 4 aromatic rings. The van der Waals surface area contributed by atoms with Gasteiger partial charge in [-0.1, -0.05) is 12.1 Å². The van der Waals surface area contributed by atoms with E-state index in [-0.39, 0.29) is 6.10 Å². The lowest BCUT2D eigenvalue weighted by atomic mass is 10.1. The number of imidazole rings is 1. The van der Waals surface area contributed by atoms with Gasteiger partial charge in [0.1, 0.15) is 0 Å². The average Bonchev–Trinajstić information content (AvgIpc) is 3.42. The Bertz CT molecular complexity index is 1040. The molecule has 0 amide bonds. The number of aliphatic hydroxyl groups excluding tert-OH is 1. The molecule has 0 bridgehead atoms. The maximum Gasteiger partial charge on any atom is 0.180 e. The zero-order valence-electron chi connectivity index (χ0n) is 14.1. The molecule has 0 saturated carbocycles. The van der Waals surface area contributed by atoms with E-state index >= 15 is 0 Å². The fourth-order valence-electron chi connectivity index (χ4n) is 3.48. The third-order valence-corrected chi connectivity index (χ3v) is 4.80. The van der Waals surface area contributed by atoms with E-state index in [9.17, 15) is 5.11 Å². The normalized spacial score (nSPS) is 17.3.